The third kappa shape index (κ3) is 3.17. The topological polar surface area (TPSA) is 44.9 Å². The molecule has 1 saturated carbocycles. The Labute approximate surface area is 143 Å². The number of rotatable bonds is 4. The standard InChI is InChI=1S/C18H24N2OSi2/c1-11-7-12(2)14-9-16(20-15(14)8-11)17(21)19-13-5-6-18(10-13,22-3)23-4/h7-9,13,20H,5-6,10H2,1-4H3,(H,19,21)/t13-/m1/s1. The van der Waals surface area contributed by atoms with Gasteiger partial charge in [-0.2, -0.15) is 0 Å². The second-order valence-corrected chi connectivity index (χ2v) is 10.1. The molecule has 1 amide bonds. The molecule has 1 aromatic heterocycles. The van der Waals surface area contributed by atoms with Crippen LogP contribution in [0.3, 0.4) is 0 Å². The first-order chi connectivity index (χ1) is 11.0. The lowest BCUT2D eigenvalue weighted by Crippen LogP contribution is -2.34. The maximum absolute atomic E-state index is 12.6. The predicted molar refractivity (Wildman–Crippen MR) is 98.8 cm³/mol. The van der Waals surface area contributed by atoms with Crippen molar-refractivity contribution in [3.63, 3.8) is 0 Å². The van der Waals surface area contributed by atoms with Gasteiger partial charge in [0.25, 0.3) is 5.91 Å². The van der Waals surface area contributed by atoms with Crippen LogP contribution in [0.2, 0.25) is 17.8 Å². The number of aromatic nitrogens is 1. The summed E-state index contributed by atoms with van der Waals surface area (Å²) >= 11 is 0. The lowest BCUT2D eigenvalue weighted by Gasteiger charge is -2.24. The van der Waals surface area contributed by atoms with E-state index in [1.165, 1.54) is 17.5 Å². The van der Waals surface area contributed by atoms with Gasteiger partial charge in [-0.15, -0.1) is 0 Å². The van der Waals surface area contributed by atoms with Gasteiger partial charge in [-0.05, 0) is 54.6 Å². The molecule has 3 rings (SSSR count). The molecule has 3 nitrogen and oxygen atoms in total. The summed E-state index contributed by atoms with van der Waals surface area (Å²) in [5.41, 5.74) is 4.18. The van der Waals surface area contributed by atoms with E-state index in [2.05, 4.69) is 49.4 Å². The van der Waals surface area contributed by atoms with Crippen LogP contribution in [0.4, 0.5) is 0 Å². The largest absolute Gasteiger partial charge is 0.351 e. The van der Waals surface area contributed by atoms with Crippen LogP contribution in [0, 0.1) is 13.8 Å². The number of H-pyrrole nitrogens is 1. The summed E-state index contributed by atoms with van der Waals surface area (Å²) in [6, 6.07) is 6.59. The Balaban J connectivity index is 1.76. The molecule has 2 aromatic rings. The highest BCUT2D eigenvalue weighted by molar-refractivity contribution is 6.60. The highest BCUT2D eigenvalue weighted by Crippen LogP contribution is 2.43. The van der Waals surface area contributed by atoms with Gasteiger partial charge < -0.3 is 10.3 Å². The van der Waals surface area contributed by atoms with E-state index < -0.39 is 0 Å². The average Bonchev–Trinajstić information content (AvgIpc) is 3.12. The molecule has 4 radical (unpaired) electrons. The van der Waals surface area contributed by atoms with Gasteiger partial charge in [0.05, 0.1) is 0 Å². The summed E-state index contributed by atoms with van der Waals surface area (Å²) in [5, 5.41) is 4.40. The second-order valence-electron chi connectivity index (χ2n) is 6.72. The average molecular weight is 341 g/mol. The number of carbonyl (C=O) groups is 1. The van der Waals surface area contributed by atoms with E-state index >= 15 is 0 Å². The Hall–Kier alpha value is -1.34. The number of fused-ring (bicyclic) bond motifs is 1. The van der Waals surface area contributed by atoms with Crippen molar-refractivity contribution >= 4 is 35.8 Å². The number of aromatic amines is 1. The van der Waals surface area contributed by atoms with Gasteiger partial charge in [0.2, 0.25) is 0 Å². The van der Waals surface area contributed by atoms with Gasteiger partial charge in [-0.3, -0.25) is 4.79 Å². The van der Waals surface area contributed by atoms with Crippen molar-refractivity contribution in [2.45, 2.75) is 56.9 Å². The van der Waals surface area contributed by atoms with Crippen molar-refractivity contribution in [3.8, 4) is 0 Å². The Morgan fingerprint density at radius 3 is 2.65 bits per heavy atom. The molecule has 5 heteroatoms. The lowest BCUT2D eigenvalue weighted by atomic mass is 10.1. The Morgan fingerprint density at radius 1 is 1.26 bits per heavy atom. The normalized spacial score (nSPS) is 20.1. The molecule has 0 bridgehead atoms. The molecule has 1 aliphatic rings. The Kier molecular flexibility index (Phi) is 4.51. The van der Waals surface area contributed by atoms with E-state index in [0.29, 0.717) is 16.4 Å². The van der Waals surface area contributed by atoms with Crippen molar-refractivity contribution in [1.29, 1.82) is 0 Å². The van der Waals surface area contributed by atoms with Gasteiger partial charge >= 0.3 is 0 Å². The number of nitrogens with one attached hydrogen (secondary N) is 2. The van der Waals surface area contributed by atoms with Crippen molar-refractivity contribution in [1.82, 2.24) is 10.3 Å². The molecular formula is C18H24N2OSi2. The third-order valence-corrected chi connectivity index (χ3v) is 9.46. The number of aryl methyl sites for hydroxylation is 2. The summed E-state index contributed by atoms with van der Waals surface area (Å²) in [5.74, 6) is 0.0397. The van der Waals surface area contributed by atoms with E-state index in [1.807, 2.05) is 6.07 Å². The predicted octanol–water partition coefficient (Wildman–Crippen LogP) is 3.69. The van der Waals surface area contributed by atoms with Gasteiger partial charge in [0.1, 0.15) is 5.69 Å². The summed E-state index contributed by atoms with van der Waals surface area (Å²) in [4.78, 5) is 15.9. The molecule has 2 N–H and O–H groups in total. The van der Waals surface area contributed by atoms with Crippen LogP contribution in [0.5, 0.6) is 0 Å². The van der Waals surface area contributed by atoms with E-state index in [1.54, 1.807) is 0 Å². The third-order valence-electron chi connectivity index (χ3n) is 5.14. The van der Waals surface area contributed by atoms with Crippen molar-refractivity contribution in [2.24, 2.45) is 0 Å². The fourth-order valence-corrected chi connectivity index (χ4v) is 6.42. The van der Waals surface area contributed by atoms with E-state index in [9.17, 15) is 4.79 Å². The molecule has 1 aromatic carbocycles. The highest BCUT2D eigenvalue weighted by atomic mass is 28.3. The fraction of sp³-hybridized carbons (Fsp3) is 0.500. The van der Waals surface area contributed by atoms with E-state index in [-0.39, 0.29) is 5.91 Å². The summed E-state index contributed by atoms with van der Waals surface area (Å²) < 4.78 is 0.492. The number of hydrogen-bond acceptors (Lipinski definition) is 1. The van der Waals surface area contributed by atoms with Gasteiger partial charge in [0, 0.05) is 36.0 Å². The monoisotopic (exact) mass is 340 g/mol. The van der Waals surface area contributed by atoms with Gasteiger partial charge in [0.15, 0.2) is 0 Å². The number of carbonyl (C=O) groups excluding carboxylic acids is 1. The summed E-state index contributed by atoms with van der Waals surface area (Å²) in [7, 11) is 1.95. The Bertz CT molecular complexity index is 734. The van der Waals surface area contributed by atoms with Gasteiger partial charge in [-0.1, -0.05) is 25.6 Å². The van der Waals surface area contributed by atoms with Crippen molar-refractivity contribution in [3.05, 3.63) is 35.0 Å². The minimum Gasteiger partial charge on any atom is -0.351 e. The van der Waals surface area contributed by atoms with Gasteiger partial charge in [-0.25, -0.2) is 0 Å². The van der Waals surface area contributed by atoms with Crippen LogP contribution in [0.1, 0.15) is 40.9 Å². The maximum atomic E-state index is 12.6. The molecule has 1 heterocycles. The lowest BCUT2D eigenvalue weighted by molar-refractivity contribution is 0.0933. The van der Waals surface area contributed by atoms with E-state index in [0.717, 1.165) is 42.8 Å². The molecule has 0 aliphatic heterocycles. The van der Waals surface area contributed by atoms with Crippen LogP contribution in [0.25, 0.3) is 10.9 Å². The molecule has 1 aliphatic carbocycles. The zero-order valence-corrected chi connectivity index (χ0v) is 16.3. The molecule has 0 spiro atoms. The SMILES string of the molecule is C[Si]C1([Si]C)CC[C@@H](NC(=O)c2cc3c(C)cc(C)cc3[nH]2)C1. The van der Waals surface area contributed by atoms with Crippen LogP contribution >= 0.6 is 0 Å². The van der Waals surface area contributed by atoms with Crippen LogP contribution in [0.15, 0.2) is 18.2 Å². The fourth-order valence-electron chi connectivity index (χ4n) is 3.73. The maximum Gasteiger partial charge on any atom is 0.267 e. The van der Waals surface area contributed by atoms with Crippen LogP contribution < -0.4 is 5.32 Å². The number of hydrogen-bond donors (Lipinski definition) is 2. The van der Waals surface area contributed by atoms with Crippen molar-refractivity contribution in [2.75, 3.05) is 0 Å². The molecule has 23 heavy (non-hydrogen) atoms. The minimum atomic E-state index is 0.0397. The molecular weight excluding hydrogens is 316 g/mol. The zero-order valence-electron chi connectivity index (χ0n) is 14.3. The first-order valence-corrected chi connectivity index (χ1v) is 11.2. The number of benzene rings is 1. The molecule has 0 unspecified atom stereocenters. The molecule has 120 valence electrons. The van der Waals surface area contributed by atoms with Crippen molar-refractivity contribution < 1.29 is 4.79 Å². The molecule has 1 fully saturated rings. The second kappa shape index (κ2) is 6.28. The molecule has 0 saturated heterocycles. The highest BCUT2D eigenvalue weighted by Gasteiger charge is 2.37. The summed E-state index contributed by atoms with van der Waals surface area (Å²) in [6.07, 6.45) is 3.51. The zero-order chi connectivity index (χ0) is 16.6. The first-order valence-electron chi connectivity index (χ1n) is 8.25. The summed E-state index contributed by atoms with van der Waals surface area (Å²) in [6.45, 7) is 8.80. The molecule has 1 atom stereocenters. The quantitative estimate of drug-likeness (QED) is 0.819. The number of amides is 1. The Morgan fingerprint density at radius 2 is 2.00 bits per heavy atom. The van der Waals surface area contributed by atoms with Crippen LogP contribution in [-0.2, 0) is 0 Å². The van der Waals surface area contributed by atoms with E-state index in [4.69, 9.17) is 0 Å². The van der Waals surface area contributed by atoms with Crippen LogP contribution in [-0.4, -0.2) is 36.0 Å². The smallest absolute Gasteiger partial charge is 0.267 e. The minimum absolute atomic E-state index is 0.0397. The first kappa shape index (κ1) is 16.5.